The summed E-state index contributed by atoms with van der Waals surface area (Å²) in [6.07, 6.45) is 0. The first-order valence-electron chi connectivity index (χ1n) is 0.698. The van der Waals surface area contributed by atoms with Crippen LogP contribution in [0.4, 0.5) is 0 Å². The van der Waals surface area contributed by atoms with Crippen LogP contribution in [-0.4, -0.2) is 46.1 Å². The molecule has 0 fully saturated rings. The fourth-order valence-corrected chi connectivity index (χ4v) is 0. The molecule has 0 aromatic carbocycles. The van der Waals surface area contributed by atoms with E-state index in [1.807, 2.05) is 0 Å². The predicted molar refractivity (Wildman–Crippen MR) is 14.9 cm³/mol. The Morgan fingerprint density at radius 1 is 1.29 bits per heavy atom. The summed E-state index contributed by atoms with van der Waals surface area (Å²) in [7, 11) is 0. The van der Waals surface area contributed by atoms with E-state index in [-0.39, 0.29) is 93.4 Å². The van der Waals surface area contributed by atoms with Crippen molar-refractivity contribution in [2.45, 2.75) is 0 Å². The molecular weight excluding hydrogens is 195 g/mol. The Balaban J connectivity index is -0.00000000800. The molecule has 0 aliphatic carbocycles. The molecule has 7 heavy (non-hydrogen) atoms. The molecule has 4 nitrogen and oxygen atoms in total. The molecule has 0 saturated heterocycles. The topological polar surface area (TPSA) is 74.6 Å². The average molecular weight is 200 g/mol. The zero-order chi connectivity index (χ0) is 4.50. The SMILES string of the molecule is [Ca+2].[H-].[H-].[H-].[K+].[O]=[Cr](=[O])([OH])[OH]. The Morgan fingerprint density at radius 2 is 1.29 bits per heavy atom. The summed E-state index contributed by atoms with van der Waals surface area (Å²) in [5, 5.41) is 0. The van der Waals surface area contributed by atoms with Crippen molar-refractivity contribution in [2.75, 3.05) is 0 Å². The molecule has 7 heteroatoms. The van der Waals surface area contributed by atoms with E-state index in [1.54, 1.807) is 0 Å². The van der Waals surface area contributed by atoms with Crippen LogP contribution < -0.4 is 51.4 Å². The quantitative estimate of drug-likeness (QED) is 0.387. The van der Waals surface area contributed by atoms with Gasteiger partial charge >= 0.3 is 119 Å². The first kappa shape index (κ1) is 16.5. The van der Waals surface area contributed by atoms with Gasteiger partial charge in [0.1, 0.15) is 0 Å². The molecule has 0 unspecified atom stereocenters. The second-order valence-corrected chi connectivity index (χ2v) is 1.85. The second-order valence-electron chi connectivity index (χ2n) is 0.448. The van der Waals surface area contributed by atoms with Gasteiger partial charge in [-0.15, -0.1) is 0 Å². The summed E-state index contributed by atoms with van der Waals surface area (Å²) in [4.78, 5) is 0. The third kappa shape index (κ3) is 49.7. The van der Waals surface area contributed by atoms with E-state index < -0.39 is 13.6 Å². The summed E-state index contributed by atoms with van der Waals surface area (Å²) in [5.41, 5.74) is 0. The van der Waals surface area contributed by atoms with E-state index in [9.17, 15) is 0 Å². The van der Waals surface area contributed by atoms with Crippen LogP contribution in [0.2, 0.25) is 0 Å². The first-order chi connectivity index (χ1) is 2.00. The van der Waals surface area contributed by atoms with Crippen molar-refractivity contribution in [2.24, 2.45) is 0 Å². The van der Waals surface area contributed by atoms with Crippen molar-refractivity contribution < 1.29 is 85.2 Å². The van der Waals surface area contributed by atoms with Gasteiger partial charge in [0, 0.05) is 0 Å². The zero-order valence-electron chi connectivity index (χ0n) is 6.83. The van der Waals surface area contributed by atoms with Gasteiger partial charge in [0.2, 0.25) is 0 Å². The van der Waals surface area contributed by atoms with Gasteiger partial charge in [0.15, 0.2) is 0 Å². The van der Waals surface area contributed by atoms with Gasteiger partial charge < -0.3 is 4.28 Å². The maximum atomic E-state index is 8.82. The third-order valence-electron chi connectivity index (χ3n) is 0. The van der Waals surface area contributed by atoms with Gasteiger partial charge in [0.25, 0.3) is 0 Å². The van der Waals surface area contributed by atoms with E-state index in [0.29, 0.717) is 0 Å². The van der Waals surface area contributed by atoms with Crippen molar-refractivity contribution >= 4 is 37.7 Å². The Morgan fingerprint density at radius 3 is 1.29 bits per heavy atom. The van der Waals surface area contributed by atoms with Gasteiger partial charge in [-0.1, -0.05) is 0 Å². The molecule has 0 aromatic rings. The number of hydrogen-bond donors (Lipinski definition) is 2. The molecule has 0 saturated carbocycles. The second kappa shape index (κ2) is 7.06. The molecule has 0 radical (unpaired) electrons. The maximum absolute atomic E-state index is 8.82. The molecule has 0 heterocycles. The van der Waals surface area contributed by atoms with Gasteiger partial charge in [0.05, 0.1) is 0 Å². The van der Waals surface area contributed by atoms with Crippen LogP contribution in [0.25, 0.3) is 0 Å². The van der Waals surface area contributed by atoms with Crippen LogP contribution in [0.5, 0.6) is 0 Å². The Kier molecular flexibility index (Phi) is 16.6. The van der Waals surface area contributed by atoms with Crippen molar-refractivity contribution in [3.05, 3.63) is 0 Å². The molecule has 2 N–H and O–H groups in total. The molecule has 0 rings (SSSR count). The summed E-state index contributed by atoms with van der Waals surface area (Å²) in [6, 6.07) is 0. The van der Waals surface area contributed by atoms with Gasteiger partial charge in [-0.05, 0) is 0 Å². The number of rotatable bonds is 0. The van der Waals surface area contributed by atoms with Crippen LogP contribution >= 0.6 is 0 Å². The van der Waals surface area contributed by atoms with Crippen molar-refractivity contribution in [3.63, 3.8) is 0 Å². The molecule has 0 atom stereocenters. The van der Waals surface area contributed by atoms with Crippen LogP contribution in [-0.2, 0) is 21.2 Å². The Labute approximate surface area is 120 Å². The van der Waals surface area contributed by atoms with Gasteiger partial charge in [-0.3, -0.25) is 0 Å². The van der Waals surface area contributed by atoms with Crippen molar-refractivity contribution in [1.82, 2.24) is 0 Å². The first-order valence-corrected chi connectivity index (χ1v) is 2.88. The Hall–Kier alpha value is 2.95. The van der Waals surface area contributed by atoms with E-state index in [2.05, 4.69) is 0 Å². The summed E-state index contributed by atoms with van der Waals surface area (Å²) in [5.74, 6) is 0. The third-order valence-corrected chi connectivity index (χ3v) is 0. The predicted octanol–water partition coefficient (Wildman–Crippen LogP) is -4.39. The molecule has 0 aliphatic heterocycles. The van der Waals surface area contributed by atoms with E-state index >= 15 is 0 Å². The van der Waals surface area contributed by atoms with Crippen LogP contribution in [0.3, 0.4) is 0 Å². The fourth-order valence-electron chi connectivity index (χ4n) is 0. The zero-order valence-corrected chi connectivity index (χ0v) is 10.4. The molecular formula is H5CaCrKO4. The normalized spacial score (nSPS) is 8.29. The van der Waals surface area contributed by atoms with Crippen LogP contribution in [0.15, 0.2) is 0 Å². The van der Waals surface area contributed by atoms with Gasteiger partial charge in [-0.2, -0.15) is 0 Å². The minimum atomic E-state index is -5.25. The molecule has 0 amide bonds. The van der Waals surface area contributed by atoms with Crippen LogP contribution in [0, 0.1) is 0 Å². The standard InChI is InChI=1S/Ca.Cr.K.2H2O.2O.3H/h;;;2*1H2;;;;;/q2*+2;+1;;;;;3*-1/p-2. The molecule has 0 aliphatic rings. The van der Waals surface area contributed by atoms with E-state index in [0.717, 1.165) is 0 Å². The van der Waals surface area contributed by atoms with Crippen molar-refractivity contribution in [1.29, 1.82) is 0 Å². The van der Waals surface area contributed by atoms with Crippen molar-refractivity contribution in [3.8, 4) is 0 Å². The Bertz CT molecular complexity index is 104. The summed E-state index contributed by atoms with van der Waals surface area (Å²) < 4.78 is 31.9. The molecule has 38 valence electrons. The summed E-state index contributed by atoms with van der Waals surface area (Å²) >= 11 is -5.25. The molecule has 0 aromatic heterocycles. The van der Waals surface area contributed by atoms with E-state index in [1.165, 1.54) is 0 Å². The average Bonchev–Trinajstić information content (AvgIpc) is 0.722. The summed E-state index contributed by atoms with van der Waals surface area (Å²) in [6.45, 7) is 0. The van der Waals surface area contributed by atoms with E-state index in [4.69, 9.17) is 15.9 Å². The number of hydrogen-bond acceptors (Lipinski definition) is 2. The minimum absolute atomic E-state index is 0. The van der Waals surface area contributed by atoms with Crippen LogP contribution in [0.1, 0.15) is 4.28 Å². The van der Waals surface area contributed by atoms with Gasteiger partial charge in [-0.25, -0.2) is 0 Å². The monoisotopic (exact) mass is 200 g/mol. The molecule has 0 bridgehead atoms. The fraction of sp³-hybridized carbons (Fsp3) is 0. The molecule has 0 spiro atoms.